The molecule has 0 aliphatic heterocycles. The van der Waals surface area contributed by atoms with Gasteiger partial charge in [-0.2, -0.15) is 0 Å². The molecule has 0 bridgehead atoms. The maximum absolute atomic E-state index is 11.6. The van der Waals surface area contributed by atoms with Crippen molar-refractivity contribution in [1.82, 2.24) is 10.1 Å². The van der Waals surface area contributed by atoms with Gasteiger partial charge >= 0.3 is 5.97 Å². The van der Waals surface area contributed by atoms with E-state index in [9.17, 15) is 9.59 Å². The SMILES string of the molecule is Cc1cc(CC(=O)N(C)CCC(=O)O)no1. The highest BCUT2D eigenvalue weighted by Crippen LogP contribution is 2.04. The molecule has 0 fully saturated rings. The van der Waals surface area contributed by atoms with Crippen molar-refractivity contribution in [2.24, 2.45) is 0 Å². The lowest BCUT2D eigenvalue weighted by molar-refractivity contribution is -0.138. The molecule has 0 unspecified atom stereocenters. The Morgan fingerprint density at radius 2 is 2.25 bits per heavy atom. The smallest absolute Gasteiger partial charge is 0.305 e. The topological polar surface area (TPSA) is 83.6 Å². The standard InChI is InChI=1S/C10H14N2O4/c1-7-5-8(11-16-7)6-9(13)12(2)4-3-10(14)15/h5H,3-4,6H2,1-2H3,(H,14,15). The van der Waals surface area contributed by atoms with Gasteiger partial charge in [0.2, 0.25) is 5.91 Å². The summed E-state index contributed by atoms with van der Waals surface area (Å²) in [6.07, 6.45) is 0.0769. The van der Waals surface area contributed by atoms with Crippen LogP contribution in [0.5, 0.6) is 0 Å². The molecule has 16 heavy (non-hydrogen) atoms. The van der Waals surface area contributed by atoms with E-state index in [1.54, 1.807) is 20.0 Å². The molecule has 0 spiro atoms. The van der Waals surface area contributed by atoms with E-state index in [0.717, 1.165) is 0 Å². The van der Waals surface area contributed by atoms with Gasteiger partial charge in [0, 0.05) is 19.7 Å². The van der Waals surface area contributed by atoms with Crippen molar-refractivity contribution in [3.63, 3.8) is 0 Å². The van der Waals surface area contributed by atoms with Gasteiger partial charge in [-0.3, -0.25) is 9.59 Å². The summed E-state index contributed by atoms with van der Waals surface area (Å²) >= 11 is 0. The molecule has 0 aromatic carbocycles. The van der Waals surface area contributed by atoms with Crippen molar-refractivity contribution in [2.45, 2.75) is 19.8 Å². The Balaban J connectivity index is 2.42. The highest BCUT2D eigenvalue weighted by molar-refractivity contribution is 5.78. The van der Waals surface area contributed by atoms with Crippen LogP contribution in [0.25, 0.3) is 0 Å². The number of carbonyl (C=O) groups excluding carboxylic acids is 1. The van der Waals surface area contributed by atoms with Crippen LogP contribution in [0, 0.1) is 6.92 Å². The van der Waals surface area contributed by atoms with Crippen molar-refractivity contribution in [2.75, 3.05) is 13.6 Å². The summed E-state index contributed by atoms with van der Waals surface area (Å²) in [6.45, 7) is 1.94. The molecule has 1 N–H and O–H groups in total. The minimum Gasteiger partial charge on any atom is -0.481 e. The van der Waals surface area contributed by atoms with Crippen LogP contribution in [-0.2, 0) is 16.0 Å². The Kier molecular flexibility index (Phi) is 4.04. The second-order valence-electron chi connectivity index (χ2n) is 3.56. The first-order valence-corrected chi connectivity index (χ1v) is 4.87. The summed E-state index contributed by atoms with van der Waals surface area (Å²) in [6, 6.07) is 1.68. The van der Waals surface area contributed by atoms with Gasteiger partial charge in [-0.15, -0.1) is 0 Å². The molecule has 6 heteroatoms. The summed E-state index contributed by atoms with van der Waals surface area (Å²) in [5.41, 5.74) is 0.560. The largest absolute Gasteiger partial charge is 0.481 e. The van der Waals surface area contributed by atoms with E-state index in [0.29, 0.717) is 11.5 Å². The molecule has 1 aromatic heterocycles. The Morgan fingerprint density at radius 3 is 2.75 bits per heavy atom. The van der Waals surface area contributed by atoms with Crippen LogP contribution in [-0.4, -0.2) is 40.6 Å². The third-order valence-corrected chi connectivity index (χ3v) is 2.10. The third kappa shape index (κ3) is 3.72. The molecule has 6 nitrogen and oxygen atoms in total. The van der Waals surface area contributed by atoms with Crippen LogP contribution in [0.15, 0.2) is 10.6 Å². The van der Waals surface area contributed by atoms with E-state index in [1.165, 1.54) is 4.90 Å². The molecule has 0 saturated heterocycles. The molecule has 1 heterocycles. The van der Waals surface area contributed by atoms with E-state index in [1.807, 2.05) is 0 Å². The van der Waals surface area contributed by atoms with Gasteiger partial charge in [-0.25, -0.2) is 0 Å². The predicted molar refractivity (Wildman–Crippen MR) is 54.8 cm³/mol. The summed E-state index contributed by atoms with van der Waals surface area (Å²) < 4.78 is 4.83. The molecular formula is C10H14N2O4. The van der Waals surface area contributed by atoms with Crippen LogP contribution < -0.4 is 0 Å². The summed E-state index contributed by atoms with van der Waals surface area (Å²) in [5, 5.41) is 12.2. The number of aliphatic carboxylic acids is 1. The fraction of sp³-hybridized carbons (Fsp3) is 0.500. The lowest BCUT2D eigenvalue weighted by atomic mass is 10.2. The van der Waals surface area contributed by atoms with Gasteiger partial charge in [0.15, 0.2) is 0 Å². The average molecular weight is 226 g/mol. The number of hydrogen-bond acceptors (Lipinski definition) is 4. The molecule has 1 aromatic rings. The van der Waals surface area contributed by atoms with Gasteiger partial charge < -0.3 is 14.5 Å². The number of carboxylic acids is 1. The fourth-order valence-corrected chi connectivity index (χ4v) is 1.18. The number of nitrogens with zero attached hydrogens (tertiary/aromatic N) is 2. The number of aromatic nitrogens is 1. The lowest BCUT2D eigenvalue weighted by Crippen LogP contribution is -2.30. The maximum atomic E-state index is 11.6. The zero-order valence-corrected chi connectivity index (χ0v) is 9.27. The number of amides is 1. The molecule has 0 atom stereocenters. The van der Waals surface area contributed by atoms with Crippen molar-refractivity contribution >= 4 is 11.9 Å². The molecule has 88 valence electrons. The molecular weight excluding hydrogens is 212 g/mol. The van der Waals surface area contributed by atoms with Gasteiger partial charge in [-0.1, -0.05) is 5.16 Å². The molecule has 0 saturated carbocycles. The Morgan fingerprint density at radius 1 is 1.56 bits per heavy atom. The van der Waals surface area contributed by atoms with Gasteiger partial charge in [0.25, 0.3) is 0 Å². The van der Waals surface area contributed by atoms with Crippen LogP contribution in [0.3, 0.4) is 0 Å². The van der Waals surface area contributed by atoms with Crippen LogP contribution in [0.2, 0.25) is 0 Å². The van der Waals surface area contributed by atoms with Gasteiger partial charge in [-0.05, 0) is 6.92 Å². The first-order chi connectivity index (χ1) is 7.49. The number of likely N-dealkylation sites (N-methyl/N-ethyl adjacent to an activating group) is 1. The van der Waals surface area contributed by atoms with E-state index in [-0.39, 0.29) is 25.3 Å². The first kappa shape index (κ1) is 12.2. The number of aryl methyl sites for hydroxylation is 1. The second-order valence-corrected chi connectivity index (χ2v) is 3.56. The minimum atomic E-state index is -0.920. The average Bonchev–Trinajstić information content (AvgIpc) is 2.60. The van der Waals surface area contributed by atoms with Gasteiger partial charge in [0.1, 0.15) is 5.76 Å². The van der Waals surface area contributed by atoms with E-state index < -0.39 is 5.97 Å². The first-order valence-electron chi connectivity index (χ1n) is 4.87. The van der Waals surface area contributed by atoms with E-state index in [4.69, 9.17) is 9.63 Å². The molecule has 0 radical (unpaired) electrons. The maximum Gasteiger partial charge on any atom is 0.305 e. The molecule has 1 rings (SSSR count). The zero-order valence-electron chi connectivity index (χ0n) is 9.27. The Hall–Kier alpha value is -1.85. The number of hydrogen-bond donors (Lipinski definition) is 1. The predicted octanol–water partition coefficient (Wildman–Crippen LogP) is 0.459. The van der Waals surface area contributed by atoms with E-state index >= 15 is 0 Å². The summed E-state index contributed by atoms with van der Waals surface area (Å²) in [4.78, 5) is 23.3. The van der Waals surface area contributed by atoms with Crippen LogP contribution in [0.4, 0.5) is 0 Å². The quantitative estimate of drug-likeness (QED) is 0.788. The number of carboxylic acid groups (broad SMARTS) is 1. The van der Waals surface area contributed by atoms with Crippen LogP contribution >= 0.6 is 0 Å². The highest BCUT2D eigenvalue weighted by atomic mass is 16.5. The molecule has 0 aliphatic carbocycles. The van der Waals surface area contributed by atoms with E-state index in [2.05, 4.69) is 5.16 Å². The van der Waals surface area contributed by atoms with Crippen molar-refractivity contribution < 1.29 is 19.2 Å². The monoisotopic (exact) mass is 226 g/mol. The number of rotatable bonds is 5. The summed E-state index contributed by atoms with van der Waals surface area (Å²) in [5.74, 6) is -0.442. The minimum absolute atomic E-state index is 0.0555. The second kappa shape index (κ2) is 5.29. The van der Waals surface area contributed by atoms with Crippen molar-refractivity contribution in [3.05, 3.63) is 17.5 Å². The molecule has 1 amide bonds. The Bertz CT molecular complexity index is 386. The normalized spacial score (nSPS) is 10.1. The zero-order chi connectivity index (χ0) is 12.1. The third-order valence-electron chi connectivity index (χ3n) is 2.10. The van der Waals surface area contributed by atoms with Gasteiger partial charge in [0.05, 0.1) is 18.5 Å². The van der Waals surface area contributed by atoms with Crippen molar-refractivity contribution in [3.8, 4) is 0 Å². The Labute approximate surface area is 92.8 Å². The number of carbonyl (C=O) groups is 2. The lowest BCUT2D eigenvalue weighted by Gasteiger charge is -2.14. The molecule has 0 aliphatic rings. The fourth-order valence-electron chi connectivity index (χ4n) is 1.18. The van der Waals surface area contributed by atoms with Crippen molar-refractivity contribution in [1.29, 1.82) is 0 Å². The summed E-state index contributed by atoms with van der Waals surface area (Å²) in [7, 11) is 1.57. The highest BCUT2D eigenvalue weighted by Gasteiger charge is 2.13. The van der Waals surface area contributed by atoms with Crippen LogP contribution in [0.1, 0.15) is 17.9 Å².